The van der Waals surface area contributed by atoms with Crippen molar-refractivity contribution in [3.63, 3.8) is 0 Å². The fourth-order valence-electron chi connectivity index (χ4n) is 1.48. The molecule has 0 aliphatic rings. The monoisotopic (exact) mass is 279 g/mol. The van der Waals surface area contributed by atoms with E-state index < -0.39 is 17.7 Å². The van der Waals surface area contributed by atoms with Crippen LogP contribution in [-0.4, -0.2) is 45.7 Å². The Bertz CT molecular complexity index is 629. The van der Waals surface area contributed by atoms with Crippen molar-refractivity contribution in [1.29, 1.82) is 0 Å². The van der Waals surface area contributed by atoms with Gasteiger partial charge in [-0.15, -0.1) is 5.10 Å². The molecule has 0 unspecified atom stereocenters. The van der Waals surface area contributed by atoms with Gasteiger partial charge in [0.15, 0.2) is 0 Å². The van der Waals surface area contributed by atoms with Crippen molar-refractivity contribution in [1.82, 2.24) is 25.5 Å². The van der Waals surface area contributed by atoms with Crippen LogP contribution in [0, 0.1) is 5.82 Å². The fraction of sp³-hybridized carbons (Fsp3) is 0.182. The Hall–Kier alpha value is -2.84. The molecule has 0 atom stereocenters. The van der Waals surface area contributed by atoms with Crippen LogP contribution in [0.25, 0.3) is 5.69 Å². The number of tetrazole rings is 1. The van der Waals surface area contributed by atoms with Crippen LogP contribution in [0.1, 0.15) is 10.4 Å². The van der Waals surface area contributed by atoms with E-state index in [0.29, 0.717) is 0 Å². The Kier molecular flexibility index (Phi) is 3.99. The van der Waals surface area contributed by atoms with E-state index in [4.69, 9.17) is 0 Å². The highest BCUT2D eigenvalue weighted by atomic mass is 19.1. The molecule has 0 saturated heterocycles. The Morgan fingerprint density at radius 3 is 2.90 bits per heavy atom. The van der Waals surface area contributed by atoms with Gasteiger partial charge in [-0.1, -0.05) is 0 Å². The molecule has 9 heteroatoms. The zero-order valence-corrected chi connectivity index (χ0v) is 10.4. The highest BCUT2D eigenvalue weighted by molar-refractivity contribution is 5.99. The predicted molar refractivity (Wildman–Crippen MR) is 63.5 cm³/mol. The molecule has 0 fully saturated rings. The number of carbonyl (C=O) groups excluding carboxylic acids is 2. The molecular formula is C11H10FN5O3. The van der Waals surface area contributed by atoms with Gasteiger partial charge in [0.1, 0.15) is 18.7 Å². The van der Waals surface area contributed by atoms with Crippen LogP contribution in [-0.2, 0) is 9.53 Å². The first-order chi connectivity index (χ1) is 9.61. The molecule has 1 N–H and O–H groups in total. The number of nitrogens with one attached hydrogen (secondary N) is 1. The summed E-state index contributed by atoms with van der Waals surface area (Å²) in [6, 6.07) is 3.52. The molecule has 0 spiro atoms. The number of nitrogens with zero attached hydrogens (tertiary/aromatic N) is 4. The third-order valence-corrected chi connectivity index (χ3v) is 2.42. The molecule has 104 valence electrons. The summed E-state index contributed by atoms with van der Waals surface area (Å²) in [6.07, 6.45) is 1.23. The summed E-state index contributed by atoms with van der Waals surface area (Å²) >= 11 is 0. The van der Waals surface area contributed by atoms with Gasteiger partial charge in [0.05, 0.1) is 18.4 Å². The van der Waals surface area contributed by atoms with Crippen LogP contribution < -0.4 is 5.32 Å². The second-order valence-electron chi connectivity index (χ2n) is 3.67. The van der Waals surface area contributed by atoms with Gasteiger partial charge in [0.25, 0.3) is 5.91 Å². The summed E-state index contributed by atoms with van der Waals surface area (Å²) in [4.78, 5) is 22.9. The number of amides is 1. The maximum atomic E-state index is 13.3. The van der Waals surface area contributed by atoms with Crippen LogP contribution in [0.15, 0.2) is 24.5 Å². The third-order valence-electron chi connectivity index (χ3n) is 2.42. The van der Waals surface area contributed by atoms with Crippen molar-refractivity contribution in [2.45, 2.75) is 0 Å². The number of carbonyl (C=O) groups is 2. The number of benzene rings is 1. The van der Waals surface area contributed by atoms with Crippen LogP contribution >= 0.6 is 0 Å². The number of aromatic nitrogens is 4. The summed E-state index contributed by atoms with van der Waals surface area (Å²) in [5.41, 5.74) is 0.292. The van der Waals surface area contributed by atoms with E-state index in [1.165, 1.54) is 19.5 Å². The van der Waals surface area contributed by atoms with Crippen molar-refractivity contribution in [2.75, 3.05) is 13.7 Å². The lowest BCUT2D eigenvalue weighted by molar-refractivity contribution is -0.139. The molecule has 0 aliphatic heterocycles. The molecule has 1 aromatic carbocycles. The van der Waals surface area contributed by atoms with E-state index in [-0.39, 0.29) is 17.8 Å². The first-order valence-electron chi connectivity index (χ1n) is 5.49. The number of hydrogen-bond donors (Lipinski definition) is 1. The van der Waals surface area contributed by atoms with Gasteiger partial charge in [-0.3, -0.25) is 9.59 Å². The molecule has 0 saturated carbocycles. The number of halogens is 1. The van der Waals surface area contributed by atoms with E-state index in [1.807, 2.05) is 0 Å². The fourth-order valence-corrected chi connectivity index (χ4v) is 1.48. The van der Waals surface area contributed by atoms with E-state index in [9.17, 15) is 14.0 Å². The SMILES string of the molecule is COC(=O)CNC(=O)c1ccc(F)cc1-n1cnnn1. The second-order valence-corrected chi connectivity index (χ2v) is 3.67. The first-order valence-corrected chi connectivity index (χ1v) is 5.49. The lowest BCUT2D eigenvalue weighted by Gasteiger charge is -2.09. The topological polar surface area (TPSA) is 99.0 Å². The largest absolute Gasteiger partial charge is 0.468 e. The van der Waals surface area contributed by atoms with Gasteiger partial charge >= 0.3 is 5.97 Å². The minimum atomic E-state index is -0.593. The average molecular weight is 279 g/mol. The van der Waals surface area contributed by atoms with E-state index >= 15 is 0 Å². The Labute approximate surface area is 112 Å². The molecule has 1 heterocycles. The smallest absolute Gasteiger partial charge is 0.325 e. The van der Waals surface area contributed by atoms with E-state index in [2.05, 4.69) is 25.6 Å². The normalized spacial score (nSPS) is 10.1. The number of hydrogen-bond acceptors (Lipinski definition) is 6. The van der Waals surface area contributed by atoms with Gasteiger partial charge in [-0.05, 0) is 22.6 Å². The maximum Gasteiger partial charge on any atom is 0.325 e. The second kappa shape index (κ2) is 5.87. The molecule has 2 rings (SSSR count). The Morgan fingerprint density at radius 2 is 2.25 bits per heavy atom. The van der Waals surface area contributed by atoms with Crippen LogP contribution in [0.4, 0.5) is 4.39 Å². The van der Waals surface area contributed by atoms with Crippen LogP contribution in [0.3, 0.4) is 0 Å². The summed E-state index contributed by atoms with van der Waals surface area (Å²) in [7, 11) is 1.21. The van der Waals surface area contributed by atoms with Gasteiger partial charge in [0.2, 0.25) is 0 Å². The van der Waals surface area contributed by atoms with Crippen LogP contribution in [0.2, 0.25) is 0 Å². The molecular weight excluding hydrogens is 269 g/mol. The molecule has 1 amide bonds. The van der Waals surface area contributed by atoms with Gasteiger partial charge in [-0.2, -0.15) is 4.68 Å². The first kappa shape index (κ1) is 13.6. The average Bonchev–Trinajstić information content (AvgIpc) is 2.98. The number of ether oxygens (including phenoxy) is 1. The minimum Gasteiger partial charge on any atom is -0.468 e. The molecule has 8 nitrogen and oxygen atoms in total. The lowest BCUT2D eigenvalue weighted by atomic mass is 10.1. The van der Waals surface area contributed by atoms with Gasteiger partial charge < -0.3 is 10.1 Å². The predicted octanol–water partition coefficient (Wildman–Crippen LogP) is -0.296. The minimum absolute atomic E-state index is 0.127. The molecule has 20 heavy (non-hydrogen) atoms. The van der Waals surface area contributed by atoms with Gasteiger partial charge in [0, 0.05) is 6.07 Å². The van der Waals surface area contributed by atoms with Crippen molar-refractivity contribution in [2.24, 2.45) is 0 Å². The van der Waals surface area contributed by atoms with E-state index in [0.717, 1.165) is 16.8 Å². The molecule has 0 radical (unpaired) electrons. The lowest BCUT2D eigenvalue weighted by Crippen LogP contribution is -2.31. The summed E-state index contributed by atoms with van der Waals surface area (Å²) in [5.74, 6) is -1.70. The number of esters is 1. The highest BCUT2D eigenvalue weighted by Gasteiger charge is 2.15. The Morgan fingerprint density at radius 1 is 1.45 bits per heavy atom. The van der Waals surface area contributed by atoms with Crippen LogP contribution in [0.5, 0.6) is 0 Å². The van der Waals surface area contributed by atoms with Crippen molar-refractivity contribution in [3.05, 3.63) is 35.9 Å². The number of methoxy groups -OCH3 is 1. The maximum absolute atomic E-state index is 13.3. The van der Waals surface area contributed by atoms with E-state index in [1.54, 1.807) is 0 Å². The molecule has 0 aliphatic carbocycles. The quantitative estimate of drug-likeness (QED) is 0.772. The van der Waals surface area contributed by atoms with Crippen molar-refractivity contribution in [3.8, 4) is 5.69 Å². The standard InChI is InChI=1S/C11H10FN5O3/c1-20-10(18)5-13-11(19)8-3-2-7(12)4-9(8)17-6-14-15-16-17/h2-4,6H,5H2,1H3,(H,13,19). The molecule has 2 aromatic rings. The zero-order chi connectivity index (χ0) is 14.5. The van der Waals surface area contributed by atoms with Crippen molar-refractivity contribution < 1.29 is 18.7 Å². The van der Waals surface area contributed by atoms with Gasteiger partial charge in [-0.25, -0.2) is 4.39 Å². The molecule has 0 bridgehead atoms. The zero-order valence-electron chi connectivity index (χ0n) is 10.4. The summed E-state index contributed by atoms with van der Waals surface area (Å²) in [5, 5.41) is 12.8. The molecule has 1 aromatic heterocycles. The number of rotatable bonds is 4. The highest BCUT2D eigenvalue weighted by Crippen LogP contribution is 2.14. The summed E-state index contributed by atoms with van der Waals surface area (Å²) in [6.45, 7) is -0.290. The summed E-state index contributed by atoms with van der Waals surface area (Å²) < 4.78 is 18.8. The third kappa shape index (κ3) is 2.94. The van der Waals surface area contributed by atoms with Crippen molar-refractivity contribution >= 4 is 11.9 Å². The Balaban J connectivity index is 2.27.